The number of nitrogens with one attached hydrogen (secondary N) is 2. The van der Waals surface area contributed by atoms with E-state index in [1.54, 1.807) is 29.6 Å². The van der Waals surface area contributed by atoms with Gasteiger partial charge in [0, 0.05) is 18.0 Å². The van der Waals surface area contributed by atoms with E-state index in [1.807, 2.05) is 0 Å². The summed E-state index contributed by atoms with van der Waals surface area (Å²) in [6.07, 6.45) is -7.17. The Morgan fingerprint density at radius 3 is 2.40 bits per heavy atom. The van der Waals surface area contributed by atoms with Gasteiger partial charge in [0.25, 0.3) is 5.91 Å². The van der Waals surface area contributed by atoms with E-state index in [-0.39, 0.29) is 43.9 Å². The van der Waals surface area contributed by atoms with Gasteiger partial charge in [0.15, 0.2) is 0 Å². The van der Waals surface area contributed by atoms with Crippen molar-refractivity contribution in [2.24, 2.45) is 5.73 Å². The van der Waals surface area contributed by atoms with Crippen LogP contribution in [0.3, 0.4) is 0 Å². The van der Waals surface area contributed by atoms with Gasteiger partial charge < -0.3 is 35.3 Å². The molecule has 0 saturated carbocycles. The van der Waals surface area contributed by atoms with Crippen LogP contribution in [-0.2, 0) is 25.4 Å². The van der Waals surface area contributed by atoms with Crippen molar-refractivity contribution < 1.29 is 55.3 Å². The highest BCUT2D eigenvalue weighted by atomic mass is 19.4. The number of benzene rings is 3. The number of imide groups is 1. The number of rotatable bonds is 12. The number of amides is 3. The molecule has 4 atom stereocenters. The molecule has 1 heterocycles. The Kier molecular flexibility index (Phi) is 13.1. The molecule has 50 heavy (non-hydrogen) atoms. The van der Waals surface area contributed by atoms with Gasteiger partial charge in [-0.25, -0.2) is 23.3 Å². The lowest BCUT2D eigenvalue weighted by molar-refractivity contribution is -0.124. The summed E-state index contributed by atoms with van der Waals surface area (Å²) < 4.78 is 87.0. The van der Waals surface area contributed by atoms with Crippen LogP contribution in [0.1, 0.15) is 29.0 Å². The standard InChI is InChI=1S/C34H37F5N4O7/c1-47-24-6-3-5-21(15-24)29(20-9-11-22(35)12-10-20)30(40)31(44)43(33(46)48-2)28-8-4-7-27(36)26(28)14-13-25-16-41-23(17-49-25)18-50-32(45)42-19-34(37,38)39/h3-12,15,23,25,29-30,41H,13-14,16-19,40H2,1-2H3,(H,42,45)/t23-,25+,29+,30-/m0/s1. The minimum absolute atomic E-state index is 0.00263. The highest BCUT2D eigenvalue weighted by Crippen LogP contribution is 2.33. The number of alkyl carbamates (subject to hydrolysis) is 1. The molecule has 1 saturated heterocycles. The van der Waals surface area contributed by atoms with Crippen LogP contribution in [0.2, 0.25) is 0 Å². The second-order valence-electron chi connectivity index (χ2n) is 11.4. The Morgan fingerprint density at radius 2 is 1.76 bits per heavy atom. The molecule has 0 bridgehead atoms. The third kappa shape index (κ3) is 10.1. The van der Waals surface area contributed by atoms with Crippen LogP contribution in [0.15, 0.2) is 66.7 Å². The summed E-state index contributed by atoms with van der Waals surface area (Å²) in [4.78, 5) is 39.6. The van der Waals surface area contributed by atoms with Crippen molar-refractivity contribution in [2.45, 2.75) is 43.1 Å². The fraction of sp³-hybridized carbons (Fsp3) is 0.382. The number of alkyl halides is 3. The largest absolute Gasteiger partial charge is 0.497 e. The van der Waals surface area contributed by atoms with Crippen molar-refractivity contribution >= 4 is 23.8 Å². The Bertz CT molecular complexity index is 1620. The second kappa shape index (κ2) is 17.2. The fourth-order valence-electron chi connectivity index (χ4n) is 5.47. The van der Waals surface area contributed by atoms with Crippen molar-refractivity contribution in [3.8, 4) is 5.75 Å². The van der Waals surface area contributed by atoms with E-state index in [4.69, 9.17) is 24.7 Å². The predicted molar refractivity (Wildman–Crippen MR) is 171 cm³/mol. The highest BCUT2D eigenvalue weighted by molar-refractivity contribution is 6.15. The molecule has 3 amide bonds. The van der Waals surface area contributed by atoms with Crippen LogP contribution in [0.25, 0.3) is 0 Å². The van der Waals surface area contributed by atoms with Crippen LogP contribution in [0.4, 0.5) is 37.2 Å². The molecule has 1 aliphatic rings. The van der Waals surface area contributed by atoms with E-state index in [9.17, 15) is 31.9 Å². The first-order chi connectivity index (χ1) is 23.8. The second-order valence-corrected chi connectivity index (χ2v) is 11.4. The highest BCUT2D eigenvalue weighted by Gasteiger charge is 2.37. The van der Waals surface area contributed by atoms with Gasteiger partial charge >= 0.3 is 18.4 Å². The molecule has 4 N–H and O–H groups in total. The monoisotopic (exact) mass is 708 g/mol. The van der Waals surface area contributed by atoms with Gasteiger partial charge in [-0.1, -0.05) is 30.3 Å². The SMILES string of the molecule is COC(=O)N(C(=O)[C@@H](N)[C@H](c1ccc(F)cc1)c1cccc(OC)c1)c1cccc(F)c1CC[C@@H]1CN[C@H](COC(=O)NCC(F)(F)F)CO1. The topological polar surface area (TPSA) is 141 Å². The van der Waals surface area contributed by atoms with E-state index in [0.29, 0.717) is 21.8 Å². The number of hydrogen-bond donors (Lipinski definition) is 3. The maximum absolute atomic E-state index is 15.4. The first kappa shape index (κ1) is 38.0. The molecule has 4 rings (SSSR count). The van der Waals surface area contributed by atoms with E-state index in [1.165, 1.54) is 49.6 Å². The molecule has 0 spiro atoms. The zero-order chi connectivity index (χ0) is 36.4. The molecule has 16 heteroatoms. The number of nitrogens with two attached hydrogens (primary N) is 1. The number of anilines is 1. The van der Waals surface area contributed by atoms with Gasteiger partial charge in [-0.05, 0) is 60.4 Å². The van der Waals surface area contributed by atoms with E-state index >= 15 is 4.39 Å². The van der Waals surface area contributed by atoms with Crippen LogP contribution in [0, 0.1) is 11.6 Å². The predicted octanol–water partition coefficient (Wildman–Crippen LogP) is 4.81. The van der Waals surface area contributed by atoms with Crippen LogP contribution >= 0.6 is 0 Å². The number of ether oxygens (including phenoxy) is 4. The van der Waals surface area contributed by atoms with E-state index in [0.717, 1.165) is 7.11 Å². The molecule has 270 valence electrons. The number of hydrogen-bond acceptors (Lipinski definition) is 9. The minimum atomic E-state index is -4.58. The van der Waals surface area contributed by atoms with Gasteiger partial charge in [0.05, 0.1) is 44.7 Å². The number of methoxy groups -OCH3 is 2. The lowest BCUT2D eigenvalue weighted by Crippen LogP contribution is -2.50. The number of carbonyl (C=O) groups is 3. The summed E-state index contributed by atoms with van der Waals surface area (Å²) in [5, 5.41) is 4.67. The van der Waals surface area contributed by atoms with Gasteiger partial charge in [-0.15, -0.1) is 0 Å². The smallest absolute Gasteiger partial charge is 0.420 e. The summed E-state index contributed by atoms with van der Waals surface area (Å²) >= 11 is 0. The van der Waals surface area contributed by atoms with Crippen molar-refractivity contribution in [3.05, 3.63) is 95.1 Å². The lowest BCUT2D eigenvalue weighted by atomic mass is 9.84. The van der Waals surface area contributed by atoms with Crippen molar-refractivity contribution in [2.75, 3.05) is 45.4 Å². The summed E-state index contributed by atoms with van der Waals surface area (Å²) in [6, 6.07) is 14.1. The molecule has 0 aromatic heterocycles. The molecule has 0 unspecified atom stereocenters. The molecule has 0 aliphatic carbocycles. The average Bonchev–Trinajstić information content (AvgIpc) is 3.10. The number of halogens is 5. The van der Waals surface area contributed by atoms with Gasteiger partial charge in [-0.3, -0.25) is 4.79 Å². The van der Waals surface area contributed by atoms with Crippen molar-refractivity contribution in [1.82, 2.24) is 10.6 Å². The quantitative estimate of drug-likeness (QED) is 0.226. The van der Waals surface area contributed by atoms with Crippen LogP contribution in [-0.4, -0.2) is 83.0 Å². The maximum atomic E-state index is 15.4. The average molecular weight is 709 g/mol. The van der Waals surface area contributed by atoms with Crippen LogP contribution < -0.4 is 26.0 Å². The Morgan fingerprint density at radius 1 is 1.04 bits per heavy atom. The summed E-state index contributed by atoms with van der Waals surface area (Å²) in [7, 11) is 2.53. The molecular weight excluding hydrogens is 671 g/mol. The number of morpholine rings is 1. The zero-order valence-electron chi connectivity index (χ0n) is 27.2. The number of carbonyl (C=O) groups excluding carboxylic acids is 3. The summed E-state index contributed by atoms with van der Waals surface area (Å²) in [5.74, 6) is -2.56. The zero-order valence-corrected chi connectivity index (χ0v) is 27.2. The molecule has 11 nitrogen and oxygen atoms in total. The molecule has 0 radical (unpaired) electrons. The summed E-state index contributed by atoms with van der Waals surface area (Å²) in [5.41, 5.74) is 7.53. The lowest BCUT2D eigenvalue weighted by Gasteiger charge is -2.31. The molecule has 1 fully saturated rings. The molecule has 3 aromatic rings. The van der Waals surface area contributed by atoms with Gasteiger partial charge in [-0.2, -0.15) is 13.2 Å². The van der Waals surface area contributed by atoms with Crippen molar-refractivity contribution in [3.63, 3.8) is 0 Å². The van der Waals surface area contributed by atoms with E-state index in [2.05, 4.69) is 5.32 Å². The van der Waals surface area contributed by atoms with Crippen LogP contribution in [0.5, 0.6) is 5.75 Å². The first-order valence-electron chi connectivity index (χ1n) is 15.5. The minimum Gasteiger partial charge on any atom is -0.497 e. The first-order valence-corrected chi connectivity index (χ1v) is 15.5. The Balaban J connectivity index is 1.50. The fourth-order valence-corrected chi connectivity index (χ4v) is 5.47. The van der Waals surface area contributed by atoms with E-state index < -0.39 is 66.6 Å². The molecular formula is C34H37F5N4O7. The van der Waals surface area contributed by atoms with Gasteiger partial charge in [0.2, 0.25) is 0 Å². The Labute approximate surface area is 284 Å². The number of nitrogens with zero attached hydrogens (tertiary/aromatic N) is 1. The third-order valence-electron chi connectivity index (χ3n) is 7.97. The third-order valence-corrected chi connectivity index (χ3v) is 7.97. The van der Waals surface area contributed by atoms with Crippen molar-refractivity contribution in [1.29, 1.82) is 0 Å². The Hall–Kier alpha value is -4.80. The normalized spacial score (nSPS) is 17.3. The molecule has 1 aliphatic heterocycles. The summed E-state index contributed by atoms with van der Waals surface area (Å²) in [6.45, 7) is -1.51. The maximum Gasteiger partial charge on any atom is 0.420 e. The molecule has 3 aromatic carbocycles. The van der Waals surface area contributed by atoms with Gasteiger partial charge in [0.1, 0.15) is 30.5 Å².